The summed E-state index contributed by atoms with van der Waals surface area (Å²) in [6.07, 6.45) is -0.401. The maximum atomic E-state index is 13.1. The molecule has 3 atom stereocenters. The number of aromatic nitrogens is 1. The van der Waals surface area contributed by atoms with Gasteiger partial charge >= 0.3 is 0 Å². The number of piperazine rings is 1. The number of thiazole rings is 1. The fourth-order valence-corrected chi connectivity index (χ4v) is 5.24. The number of carbonyl (C=O) groups excluding carboxylic acids is 2. The third-order valence-electron chi connectivity index (χ3n) is 6.35. The summed E-state index contributed by atoms with van der Waals surface area (Å²) in [7, 11) is 0. The first-order valence-corrected chi connectivity index (χ1v) is 12.0. The van der Waals surface area contributed by atoms with Crippen molar-refractivity contribution < 1.29 is 14.7 Å². The van der Waals surface area contributed by atoms with Crippen molar-refractivity contribution in [1.82, 2.24) is 25.4 Å². The van der Waals surface area contributed by atoms with Crippen LogP contribution in [0.5, 0.6) is 0 Å². The molecule has 4 rings (SSSR count). The summed E-state index contributed by atoms with van der Waals surface area (Å²) in [5, 5.41) is 16.4. The molecule has 9 heteroatoms. The van der Waals surface area contributed by atoms with Crippen LogP contribution in [0.3, 0.4) is 0 Å². The Morgan fingerprint density at radius 1 is 1.28 bits per heavy atom. The minimum absolute atomic E-state index is 0.0899. The lowest BCUT2D eigenvalue weighted by atomic mass is 10.1. The van der Waals surface area contributed by atoms with Crippen molar-refractivity contribution in [2.75, 3.05) is 32.7 Å². The van der Waals surface area contributed by atoms with E-state index in [1.54, 1.807) is 16.2 Å². The number of benzene rings is 1. The molecule has 0 saturated carbocycles. The van der Waals surface area contributed by atoms with Crippen molar-refractivity contribution in [3.8, 4) is 10.4 Å². The van der Waals surface area contributed by atoms with E-state index in [9.17, 15) is 14.7 Å². The Hall–Kier alpha value is -2.33. The van der Waals surface area contributed by atoms with E-state index >= 15 is 0 Å². The van der Waals surface area contributed by atoms with E-state index in [1.807, 2.05) is 43.6 Å². The third kappa shape index (κ3) is 5.01. The number of amides is 2. The van der Waals surface area contributed by atoms with Crippen LogP contribution in [0.25, 0.3) is 10.4 Å². The number of aliphatic hydroxyl groups is 1. The number of likely N-dealkylation sites (tertiary alicyclic amines) is 1. The van der Waals surface area contributed by atoms with Gasteiger partial charge in [-0.25, -0.2) is 4.98 Å². The number of carbonyl (C=O) groups is 2. The maximum absolute atomic E-state index is 13.1. The van der Waals surface area contributed by atoms with Crippen LogP contribution in [0.15, 0.2) is 29.8 Å². The van der Waals surface area contributed by atoms with Crippen molar-refractivity contribution in [2.24, 2.45) is 0 Å². The highest BCUT2D eigenvalue weighted by atomic mass is 32.1. The molecule has 2 aliphatic rings. The van der Waals surface area contributed by atoms with Gasteiger partial charge in [-0.3, -0.25) is 14.5 Å². The summed E-state index contributed by atoms with van der Waals surface area (Å²) >= 11 is 1.61. The van der Waals surface area contributed by atoms with E-state index in [2.05, 4.69) is 20.5 Å². The lowest BCUT2D eigenvalue weighted by molar-refractivity contribution is -0.142. The Balaban J connectivity index is 1.36. The zero-order valence-electron chi connectivity index (χ0n) is 18.6. The number of nitrogens with zero attached hydrogens (tertiary/aromatic N) is 3. The molecule has 2 aliphatic heterocycles. The van der Waals surface area contributed by atoms with Crippen LogP contribution in [0.4, 0.5) is 0 Å². The number of rotatable bonds is 6. The normalized spacial score (nSPS) is 22.7. The zero-order valence-corrected chi connectivity index (χ0v) is 19.4. The highest BCUT2D eigenvalue weighted by Gasteiger charge is 2.41. The maximum Gasteiger partial charge on any atom is 0.243 e. The molecular formula is C23H31N5O3S. The molecule has 3 heterocycles. The molecule has 1 aromatic heterocycles. The van der Waals surface area contributed by atoms with Crippen LogP contribution < -0.4 is 10.6 Å². The highest BCUT2D eigenvalue weighted by molar-refractivity contribution is 7.13. The highest BCUT2D eigenvalue weighted by Crippen LogP contribution is 2.27. The van der Waals surface area contributed by atoms with Crippen LogP contribution >= 0.6 is 11.3 Å². The third-order valence-corrected chi connectivity index (χ3v) is 7.33. The molecule has 1 aromatic carbocycles. The molecule has 0 radical (unpaired) electrons. The summed E-state index contributed by atoms with van der Waals surface area (Å²) in [5.74, 6) is -0.308. The number of hydrogen-bond donors (Lipinski definition) is 3. The second-order valence-electron chi connectivity index (χ2n) is 8.54. The number of β-amino-alcohol motifs (C(OH)–C–C–N with tert-alkyl or cyclic N) is 1. The minimum atomic E-state index is -0.674. The zero-order chi connectivity index (χ0) is 22.7. The van der Waals surface area contributed by atoms with Crippen molar-refractivity contribution in [3.05, 3.63) is 41.0 Å². The minimum Gasteiger partial charge on any atom is -0.391 e. The van der Waals surface area contributed by atoms with Crippen molar-refractivity contribution in [3.63, 3.8) is 0 Å². The van der Waals surface area contributed by atoms with Crippen molar-refractivity contribution >= 4 is 23.2 Å². The van der Waals surface area contributed by atoms with Gasteiger partial charge in [-0.2, -0.15) is 0 Å². The number of nitrogens with one attached hydrogen (secondary N) is 2. The topological polar surface area (TPSA) is 97.8 Å². The Labute approximate surface area is 192 Å². The van der Waals surface area contributed by atoms with E-state index in [4.69, 9.17) is 0 Å². The predicted octanol–water partition coefficient (Wildman–Crippen LogP) is 0.990. The summed E-state index contributed by atoms with van der Waals surface area (Å²) in [5.41, 5.74) is 4.94. The van der Waals surface area contributed by atoms with E-state index in [0.29, 0.717) is 6.54 Å². The molecule has 2 amide bonds. The van der Waals surface area contributed by atoms with Gasteiger partial charge in [0, 0.05) is 45.7 Å². The van der Waals surface area contributed by atoms with Gasteiger partial charge in [-0.15, -0.1) is 11.3 Å². The van der Waals surface area contributed by atoms with Gasteiger partial charge in [0.25, 0.3) is 0 Å². The summed E-state index contributed by atoms with van der Waals surface area (Å²) in [6.45, 7) is 7.77. The smallest absolute Gasteiger partial charge is 0.243 e. The number of hydrogen-bond acceptors (Lipinski definition) is 7. The Morgan fingerprint density at radius 2 is 2.00 bits per heavy atom. The van der Waals surface area contributed by atoms with Crippen LogP contribution in [-0.2, 0) is 16.1 Å². The molecule has 1 unspecified atom stereocenters. The first-order chi connectivity index (χ1) is 15.4. The van der Waals surface area contributed by atoms with Crippen molar-refractivity contribution in [1.29, 1.82) is 0 Å². The molecule has 2 saturated heterocycles. The van der Waals surface area contributed by atoms with Gasteiger partial charge in [-0.1, -0.05) is 24.3 Å². The van der Waals surface area contributed by atoms with Crippen LogP contribution in [-0.4, -0.2) is 82.6 Å². The molecule has 172 valence electrons. The van der Waals surface area contributed by atoms with Gasteiger partial charge in [0.2, 0.25) is 11.8 Å². The summed E-state index contributed by atoms with van der Waals surface area (Å²) in [6, 6.07) is 7.11. The Bertz CT molecular complexity index is 941. The largest absolute Gasteiger partial charge is 0.391 e. The van der Waals surface area contributed by atoms with Crippen LogP contribution in [0, 0.1) is 6.92 Å². The SMILES string of the molecule is Cc1ncsc1-c1ccc(CNC(=O)[C@@H]2C[C@@H](O)CN2C(=O)C(C)N2CCNCC2)cc1. The summed E-state index contributed by atoms with van der Waals surface area (Å²) in [4.78, 5) is 35.2. The molecule has 0 aliphatic carbocycles. The molecule has 0 bridgehead atoms. The molecule has 0 spiro atoms. The average Bonchev–Trinajstić information content (AvgIpc) is 3.43. The van der Waals surface area contributed by atoms with E-state index < -0.39 is 12.1 Å². The first kappa shape index (κ1) is 22.8. The fraction of sp³-hybridized carbons (Fsp3) is 0.522. The van der Waals surface area contributed by atoms with Crippen molar-refractivity contribution in [2.45, 2.75) is 45.0 Å². The second kappa shape index (κ2) is 10.1. The first-order valence-electron chi connectivity index (χ1n) is 11.1. The standard InChI is InChI=1S/C23H31N5O3S/c1-15-21(32-14-26-15)18-5-3-17(4-6-18)12-25-22(30)20-11-19(29)13-28(20)23(31)16(2)27-9-7-24-8-10-27/h3-6,14,16,19-20,24,29H,7-13H2,1-2H3,(H,25,30)/t16?,19-,20+/m1/s1. The number of aryl methyl sites for hydroxylation is 1. The van der Waals surface area contributed by atoms with Gasteiger partial charge in [-0.05, 0) is 25.0 Å². The van der Waals surface area contributed by atoms with Gasteiger partial charge in [0.15, 0.2) is 0 Å². The van der Waals surface area contributed by atoms with E-state index in [0.717, 1.165) is 47.9 Å². The molecule has 3 N–H and O–H groups in total. The average molecular weight is 458 g/mol. The molecule has 2 aromatic rings. The monoisotopic (exact) mass is 457 g/mol. The lowest BCUT2D eigenvalue weighted by Crippen LogP contribution is -2.56. The predicted molar refractivity (Wildman–Crippen MR) is 124 cm³/mol. The van der Waals surface area contributed by atoms with E-state index in [-0.39, 0.29) is 30.8 Å². The van der Waals surface area contributed by atoms with Gasteiger partial charge in [0.1, 0.15) is 6.04 Å². The summed E-state index contributed by atoms with van der Waals surface area (Å²) < 4.78 is 0. The van der Waals surface area contributed by atoms with Gasteiger partial charge < -0.3 is 20.6 Å². The van der Waals surface area contributed by atoms with Crippen LogP contribution in [0.1, 0.15) is 24.6 Å². The molecule has 2 fully saturated rings. The Morgan fingerprint density at radius 3 is 2.66 bits per heavy atom. The molecular weight excluding hydrogens is 426 g/mol. The Kier molecular flexibility index (Phi) is 7.20. The molecule has 32 heavy (non-hydrogen) atoms. The van der Waals surface area contributed by atoms with Crippen LogP contribution in [0.2, 0.25) is 0 Å². The fourth-order valence-electron chi connectivity index (χ4n) is 4.43. The quantitative estimate of drug-likeness (QED) is 0.599. The van der Waals surface area contributed by atoms with Gasteiger partial charge in [0.05, 0.1) is 28.2 Å². The number of aliphatic hydroxyl groups excluding tert-OH is 1. The van der Waals surface area contributed by atoms with E-state index in [1.165, 1.54) is 0 Å². The lowest BCUT2D eigenvalue weighted by Gasteiger charge is -2.35. The second-order valence-corrected chi connectivity index (χ2v) is 9.39. The molecule has 8 nitrogen and oxygen atoms in total.